The molecule has 2 aromatic heterocycles. The number of amides is 1. The Bertz CT molecular complexity index is 988. The minimum Gasteiger partial charge on any atom is -0.399 e. The molecule has 7 nitrogen and oxygen atoms in total. The van der Waals surface area contributed by atoms with Gasteiger partial charge in [-0.25, -0.2) is 14.6 Å². The Morgan fingerprint density at radius 2 is 2.04 bits per heavy atom. The predicted molar refractivity (Wildman–Crippen MR) is 94.2 cm³/mol. The van der Waals surface area contributed by atoms with Gasteiger partial charge < -0.3 is 11.1 Å². The molecule has 2 aliphatic rings. The van der Waals surface area contributed by atoms with Crippen molar-refractivity contribution in [2.45, 2.75) is 37.6 Å². The monoisotopic (exact) mass is 334 g/mol. The maximum atomic E-state index is 12.6. The van der Waals surface area contributed by atoms with Crippen molar-refractivity contribution in [2.75, 3.05) is 11.1 Å². The van der Waals surface area contributed by atoms with E-state index in [0.29, 0.717) is 17.4 Å². The number of anilines is 2. The molecule has 1 saturated carbocycles. The molecule has 0 spiro atoms. The third-order valence-corrected chi connectivity index (χ3v) is 5.27. The van der Waals surface area contributed by atoms with Crippen LogP contribution in [0.4, 0.5) is 11.4 Å². The fraction of sp³-hybridized carbons (Fsp3) is 0.333. The van der Waals surface area contributed by atoms with Gasteiger partial charge >= 0.3 is 0 Å². The number of nitrogens with one attached hydrogen (secondary N) is 1. The van der Waals surface area contributed by atoms with Crippen molar-refractivity contribution in [1.29, 1.82) is 0 Å². The third-order valence-electron chi connectivity index (χ3n) is 5.27. The van der Waals surface area contributed by atoms with Gasteiger partial charge in [0.15, 0.2) is 5.65 Å². The largest absolute Gasteiger partial charge is 0.399 e. The molecule has 1 atom stereocenters. The maximum Gasteiger partial charge on any atom is 0.238 e. The van der Waals surface area contributed by atoms with Gasteiger partial charge in [0.05, 0.1) is 23.3 Å². The molecule has 25 heavy (non-hydrogen) atoms. The van der Waals surface area contributed by atoms with Crippen LogP contribution in [0.1, 0.15) is 48.9 Å². The van der Waals surface area contributed by atoms with E-state index in [-0.39, 0.29) is 5.91 Å². The second-order valence-corrected chi connectivity index (χ2v) is 6.79. The highest BCUT2D eigenvalue weighted by atomic mass is 16.2. The van der Waals surface area contributed by atoms with E-state index in [1.54, 1.807) is 12.3 Å². The highest BCUT2D eigenvalue weighted by molar-refractivity contribution is 6.06. The van der Waals surface area contributed by atoms with Gasteiger partial charge in [0.2, 0.25) is 5.91 Å². The highest BCUT2D eigenvalue weighted by Crippen LogP contribution is 2.40. The normalized spacial score (nSPS) is 20.2. The maximum absolute atomic E-state index is 12.6. The number of fused-ring (bicyclic) bond motifs is 2. The summed E-state index contributed by atoms with van der Waals surface area (Å²) in [4.78, 5) is 21.5. The van der Waals surface area contributed by atoms with E-state index in [2.05, 4.69) is 20.4 Å². The Morgan fingerprint density at radius 1 is 1.20 bits per heavy atom. The van der Waals surface area contributed by atoms with E-state index < -0.39 is 5.92 Å². The zero-order chi connectivity index (χ0) is 17.0. The average Bonchev–Trinajstić information content (AvgIpc) is 3.31. The first-order valence-electron chi connectivity index (χ1n) is 8.61. The highest BCUT2D eigenvalue weighted by Gasteiger charge is 2.35. The molecule has 0 bridgehead atoms. The number of nitrogens with zero attached hydrogens (tertiary/aromatic N) is 4. The van der Waals surface area contributed by atoms with Gasteiger partial charge in [-0.15, -0.1) is 0 Å². The standard InChI is InChI=1S/C18H18N6O/c19-10-5-6-14-12(7-10)15(18(25)23-14)16-13-8-22-24(11-3-1-2-4-11)17(13)21-9-20-16/h5-9,11,15H,1-4,19H2,(H,23,25). The second kappa shape index (κ2) is 5.27. The lowest BCUT2D eigenvalue weighted by Crippen LogP contribution is -2.15. The average molecular weight is 334 g/mol. The number of carbonyl (C=O) groups is 1. The molecule has 1 aromatic carbocycles. The van der Waals surface area contributed by atoms with Crippen molar-refractivity contribution in [3.63, 3.8) is 0 Å². The molecule has 1 amide bonds. The van der Waals surface area contributed by atoms with Crippen LogP contribution < -0.4 is 11.1 Å². The summed E-state index contributed by atoms with van der Waals surface area (Å²) in [6.07, 6.45) is 8.02. The first-order chi connectivity index (χ1) is 12.2. The second-order valence-electron chi connectivity index (χ2n) is 6.79. The molecule has 126 valence electrons. The van der Waals surface area contributed by atoms with Crippen LogP contribution in [0.25, 0.3) is 11.0 Å². The van der Waals surface area contributed by atoms with Gasteiger partial charge in [-0.1, -0.05) is 12.8 Å². The van der Waals surface area contributed by atoms with Crippen LogP contribution in [0.3, 0.4) is 0 Å². The summed E-state index contributed by atoms with van der Waals surface area (Å²) >= 11 is 0. The molecule has 7 heteroatoms. The van der Waals surface area contributed by atoms with E-state index in [9.17, 15) is 4.79 Å². The third kappa shape index (κ3) is 2.12. The minimum atomic E-state index is -0.481. The van der Waals surface area contributed by atoms with Crippen molar-refractivity contribution in [3.05, 3.63) is 42.0 Å². The summed E-state index contributed by atoms with van der Waals surface area (Å²) in [6, 6.07) is 5.85. The Balaban J connectivity index is 1.67. The van der Waals surface area contributed by atoms with E-state index in [4.69, 9.17) is 5.73 Å². The topological polar surface area (TPSA) is 98.7 Å². The molecule has 1 unspecified atom stereocenters. The summed E-state index contributed by atoms with van der Waals surface area (Å²) in [6.45, 7) is 0. The Kier molecular flexibility index (Phi) is 3.03. The van der Waals surface area contributed by atoms with Crippen LogP contribution in [0.15, 0.2) is 30.7 Å². The number of hydrogen-bond acceptors (Lipinski definition) is 5. The number of benzene rings is 1. The summed E-state index contributed by atoms with van der Waals surface area (Å²) in [7, 11) is 0. The molecule has 3 N–H and O–H groups in total. The first kappa shape index (κ1) is 14.4. The summed E-state index contributed by atoms with van der Waals surface area (Å²) in [5.74, 6) is -0.570. The van der Waals surface area contributed by atoms with Crippen LogP contribution in [0.5, 0.6) is 0 Å². The smallest absolute Gasteiger partial charge is 0.238 e. The lowest BCUT2D eigenvalue weighted by atomic mass is 9.95. The molecule has 0 saturated heterocycles. The number of nitrogens with two attached hydrogens (primary N) is 1. The predicted octanol–water partition coefficient (Wildman–Crippen LogP) is 2.61. The summed E-state index contributed by atoms with van der Waals surface area (Å²) in [5, 5.41) is 8.32. The molecule has 3 heterocycles. The van der Waals surface area contributed by atoms with Crippen molar-refractivity contribution < 1.29 is 4.79 Å². The lowest BCUT2D eigenvalue weighted by Gasteiger charge is -2.12. The van der Waals surface area contributed by atoms with Crippen LogP contribution in [-0.4, -0.2) is 25.7 Å². The zero-order valence-electron chi connectivity index (χ0n) is 13.6. The van der Waals surface area contributed by atoms with Gasteiger partial charge in [-0.2, -0.15) is 5.10 Å². The Morgan fingerprint density at radius 3 is 2.88 bits per heavy atom. The van der Waals surface area contributed by atoms with Crippen LogP contribution in [-0.2, 0) is 4.79 Å². The molecule has 0 radical (unpaired) electrons. The van der Waals surface area contributed by atoms with Crippen molar-refractivity contribution >= 4 is 28.3 Å². The van der Waals surface area contributed by atoms with Crippen molar-refractivity contribution in [1.82, 2.24) is 19.7 Å². The van der Waals surface area contributed by atoms with Gasteiger partial charge in [0.25, 0.3) is 0 Å². The molecule has 5 rings (SSSR count). The number of carbonyl (C=O) groups excluding carboxylic acids is 1. The van der Waals surface area contributed by atoms with Crippen molar-refractivity contribution in [3.8, 4) is 0 Å². The van der Waals surface area contributed by atoms with E-state index in [1.165, 1.54) is 19.2 Å². The number of rotatable bonds is 2. The minimum absolute atomic E-state index is 0.0887. The molecular formula is C18H18N6O. The van der Waals surface area contributed by atoms with Gasteiger partial charge in [0.1, 0.15) is 12.2 Å². The molecular weight excluding hydrogens is 316 g/mol. The van der Waals surface area contributed by atoms with Crippen molar-refractivity contribution in [2.24, 2.45) is 0 Å². The van der Waals surface area contributed by atoms with Gasteiger partial charge in [-0.3, -0.25) is 4.79 Å². The van der Waals surface area contributed by atoms with E-state index >= 15 is 0 Å². The van der Waals surface area contributed by atoms with Crippen LogP contribution >= 0.6 is 0 Å². The molecule has 1 aliphatic carbocycles. The SMILES string of the molecule is Nc1ccc2c(c1)C(c1ncnc3c1cnn3C1CCCC1)C(=O)N2. The van der Waals surface area contributed by atoms with E-state index in [1.807, 2.05) is 16.8 Å². The number of nitrogen functional groups attached to an aromatic ring is 1. The van der Waals surface area contributed by atoms with Crippen LogP contribution in [0, 0.1) is 0 Å². The van der Waals surface area contributed by atoms with Gasteiger partial charge in [0, 0.05) is 11.4 Å². The molecule has 1 aliphatic heterocycles. The fourth-order valence-electron chi connectivity index (χ4n) is 4.08. The first-order valence-corrected chi connectivity index (χ1v) is 8.61. The molecule has 1 fully saturated rings. The summed E-state index contributed by atoms with van der Waals surface area (Å²) in [5.41, 5.74) is 9.71. The molecule has 3 aromatic rings. The van der Waals surface area contributed by atoms with E-state index in [0.717, 1.165) is 35.1 Å². The van der Waals surface area contributed by atoms with Gasteiger partial charge in [-0.05, 0) is 36.6 Å². The fourth-order valence-corrected chi connectivity index (χ4v) is 4.08. The van der Waals surface area contributed by atoms with Crippen LogP contribution in [0.2, 0.25) is 0 Å². The number of hydrogen-bond donors (Lipinski definition) is 2. The Hall–Kier alpha value is -2.96. The zero-order valence-corrected chi connectivity index (χ0v) is 13.6. The Labute approximate surface area is 144 Å². The summed E-state index contributed by atoms with van der Waals surface area (Å²) < 4.78 is 2.00. The lowest BCUT2D eigenvalue weighted by molar-refractivity contribution is -0.116. The number of aromatic nitrogens is 4. The quantitative estimate of drug-likeness (QED) is 0.702.